The zero-order chi connectivity index (χ0) is 15.2. The second-order valence-corrected chi connectivity index (χ2v) is 4.44. The number of hydrogen-bond donors (Lipinski definition) is 1. The van der Waals surface area contributed by atoms with Crippen LogP contribution in [0.15, 0.2) is 18.2 Å². The van der Waals surface area contributed by atoms with Gasteiger partial charge >= 0.3 is 6.18 Å². The average molecular weight is 287 g/mol. The van der Waals surface area contributed by atoms with E-state index in [1.54, 1.807) is 0 Å². The Morgan fingerprint density at radius 3 is 2.60 bits per heavy atom. The maximum Gasteiger partial charge on any atom is 0.416 e. The lowest BCUT2D eigenvalue weighted by molar-refractivity contribution is -0.137. The van der Waals surface area contributed by atoms with E-state index in [0.717, 1.165) is 18.2 Å². The molecule has 0 radical (unpaired) electrons. The molecule has 0 amide bonds. The fraction of sp³-hybridized carbons (Fsp3) is 0.467. The summed E-state index contributed by atoms with van der Waals surface area (Å²) in [5, 5.41) is 3.00. The van der Waals surface area contributed by atoms with Crippen molar-refractivity contribution in [2.24, 2.45) is 0 Å². The Morgan fingerprint density at radius 2 is 2.05 bits per heavy atom. The van der Waals surface area contributed by atoms with Gasteiger partial charge in [-0.1, -0.05) is 6.92 Å². The van der Waals surface area contributed by atoms with Crippen LogP contribution >= 0.6 is 0 Å². The number of hydrogen-bond acceptors (Lipinski definition) is 1. The quantitative estimate of drug-likeness (QED) is 0.467. The van der Waals surface area contributed by atoms with Gasteiger partial charge in [0.25, 0.3) is 0 Å². The Morgan fingerprint density at radius 1 is 1.35 bits per heavy atom. The van der Waals surface area contributed by atoms with Crippen molar-refractivity contribution in [3.05, 3.63) is 35.1 Å². The van der Waals surface area contributed by atoms with Gasteiger partial charge in [0.05, 0.1) is 5.56 Å². The fourth-order valence-electron chi connectivity index (χ4n) is 2.01. The van der Waals surface area contributed by atoms with Crippen LogP contribution in [-0.4, -0.2) is 6.54 Å². The molecule has 0 aliphatic carbocycles. The minimum absolute atomic E-state index is 0.0405. The number of unbranched alkanes of at least 4 members (excludes halogenated alkanes) is 1. The van der Waals surface area contributed by atoms with Crippen LogP contribution in [0.25, 0.3) is 0 Å². The van der Waals surface area contributed by atoms with Crippen molar-refractivity contribution in [2.45, 2.75) is 38.4 Å². The summed E-state index contributed by atoms with van der Waals surface area (Å²) in [5.74, 6) is 1.83. The van der Waals surface area contributed by atoms with Gasteiger partial charge in [-0.15, -0.1) is 12.3 Å². The highest BCUT2D eigenvalue weighted by atomic mass is 19.4. The average Bonchev–Trinajstić information content (AvgIpc) is 2.37. The van der Waals surface area contributed by atoms with E-state index in [0.29, 0.717) is 25.8 Å². The van der Waals surface area contributed by atoms with Crippen LogP contribution in [0.3, 0.4) is 0 Å². The van der Waals surface area contributed by atoms with Crippen LogP contribution in [0, 0.1) is 18.2 Å². The molecule has 1 aromatic carbocycles. The first-order chi connectivity index (χ1) is 9.40. The molecule has 5 heteroatoms. The Balaban J connectivity index is 3.02. The third-order valence-electron chi connectivity index (χ3n) is 2.96. The summed E-state index contributed by atoms with van der Waals surface area (Å²) < 4.78 is 51.9. The maximum atomic E-state index is 13.8. The lowest BCUT2D eigenvalue weighted by atomic mass is 9.98. The van der Waals surface area contributed by atoms with Crippen molar-refractivity contribution in [2.75, 3.05) is 6.54 Å². The van der Waals surface area contributed by atoms with Gasteiger partial charge in [0.2, 0.25) is 0 Å². The largest absolute Gasteiger partial charge is 0.416 e. The molecule has 0 saturated carbocycles. The molecule has 1 aromatic rings. The SMILES string of the molecule is C#CCCCC(NCC)c1cc(C(F)(F)F)ccc1F. The number of nitrogens with one attached hydrogen (secondary N) is 1. The van der Waals surface area contributed by atoms with Gasteiger partial charge in [0.15, 0.2) is 0 Å². The van der Waals surface area contributed by atoms with E-state index < -0.39 is 23.6 Å². The molecule has 1 nitrogen and oxygen atoms in total. The smallest absolute Gasteiger partial charge is 0.310 e. The number of rotatable bonds is 6. The highest BCUT2D eigenvalue weighted by Gasteiger charge is 2.31. The fourth-order valence-corrected chi connectivity index (χ4v) is 2.01. The van der Waals surface area contributed by atoms with Gasteiger partial charge in [0.1, 0.15) is 5.82 Å². The molecule has 110 valence electrons. The summed E-state index contributed by atoms with van der Waals surface area (Å²) in [5.41, 5.74) is -0.799. The summed E-state index contributed by atoms with van der Waals surface area (Å²) in [4.78, 5) is 0. The molecule has 0 bridgehead atoms. The molecule has 0 aliphatic heterocycles. The lowest BCUT2D eigenvalue weighted by Gasteiger charge is -2.20. The maximum absolute atomic E-state index is 13.8. The highest BCUT2D eigenvalue weighted by molar-refractivity contribution is 5.29. The van der Waals surface area contributed by atoms with Gasteiger partial charge in [-0.05, 0) is 37.6 Å². The van der Waals surface area contributed by atoms with Gasteiger partial charge in [-0.3, -0.25) is 0 Å². The minimum Gasteiger partial charge on any atom is -0.310 e. The third-order valence-corrected chi connectivity index (χ3v) is 2.96. The zero-order valence-electron chi connectivity index (χ0n) is 11.2. The van der Waals surface area contributed by atoms with E-state index in [9.17, 15) is 17.6 Å². The highest BCUT2D eigenvalue weighted by Crippen LogP contribution is 2.32. The molecule has 1 atom stereocenters. The second-order valence-electron chi connectivity index (χ2n) is 4.44. The van der Waals surface area contributed by atoms with Crippen LogP contribution in [-0.2, 0) is 6.18 Å². The molecule has 0 heterocycles. The van der Waals surface area contributed by atoms with Gasteiger partial charge in [-0.25, -0.2) is 4.39 Å². The molecule has 1 rings (SSSR count). The predicted octanol–water partition coefficient (Wildman–Crippen LogP) is 4.30. The first-order valence-corrected chi connectivity index (χ1v) is 6.43. The van der Waals surface area contributed by atoms with Crippen molar-refractivity contribution in [1.82, 2.24) is 5.32 Å². The van der Waals surface area contributed by atoms with E-state index in [1.165, 1.54) is 0 Å². The van der Waals surface area contributed by atoms with E-state index in [2.05, 4.69) is 11.2 Å². The van der Waals surface area contributed by atoms with Crippen LogP contribution in [0.1, 0.15) is 43.4 Å². The van der Waals surface area contributed by atoms with Gasteiger partial charge < -0.3 is 5.32 Å². The van der Waals surface area contributed by atoms with Gasteiger partial charge in [-0.2, -0.15) is 13.2 Å². The minimum atomic E-state index is -4.47. The van der Waals surface area contributed by atoms with Crippen LogP contribution in [0.2, 0.25) is 0 Å². The van der Waals surface area contributed by atoms with E-state index in [4.69, 9.17) is 6.42 Å². The molecular formula is C15H17F4N. The molecule has 1 unspecified atom stereocenters. The number of benzene rings is 1. The van der Waals surface area contributed by atoms with Crippen molar-refractivity contribution >= 4 is 0 Å². The summed E-state index contributed by atoms with van der Waals surface area (Å²) >= 11 is 0. The van der Waals surface area contributed by atoms with Crippen LogP contribution in [0.4, 0.5) is 17.6 Å². The van der Waals surface area contributed by atoms with Crippen molar-refractivity contribution in [3.8, 4) is 12.3 Å². The zero-order valence-corrected chi connectivity index (χ0v) is 11.2. The van der Waals surface area contributed by atoms with E-state index in [-0.39, 0.29) is 5.56 Å². The second kappa shape index (κ2) is 7.30. The molecule has 0 aromatic heterocycles. The van der Waals surface area contributed by atoms with Crippen molar-refractivity contribution < 1.29 is 17.6 Å². The van der Waals surface area contributed by atoms with E-state index in [1.807, 2.05) is 6.92 Å². The molecule has 0 saturated heterocycles. The molecule has 0 spiro atoms. The normalized spacial score (nSPS) is 13.0. The Hall–Kier alpha value is -1.54. The molecule has 20 heavy (non-hydrogen) atoms. The van der Waals surface area contributed by atoms with Crippen molar-refractivity contribution in [1.29, 1.82) is 0 Å². The van der Waals surface area contributed by atoms with Gasteiger partial charge in [0, 0.05) is 18.0 Å². The van der Waals surface area contributed by atoms with Crippen LogP contribution < -0.4 is 5.32 Å². The summed E-state index contributed by atoms with van der Waals surface area (Å²) in [6, 6.07) is 2.03. The monoisotopic (exact) mass is 287 g/mol. The topological polar surface area (TPSA) is 12.0 Å². The predicted molar refractivity (Wildman–Crippen MR) is 70.5 cm³/mol. The van der Waals surface area contributed by atoms with E-state index >= 15 is 0 Å². The Labute approximate surface area is 116 Å². The summed E-state index contributed by atoms with van der Waals surface area (Å²) in [6.07, 6.45) is 2.31. The summed E-state index contributed by atoms with van der Waals surface area (Å²) in [7, 11) is 0. The summed E-state index contributed by atoms with van der Waals surface area (Å²) in [6.45, 7) is 2.36. The third kappa shape index (κ3) is 4.53. The number of halogens is 4. The Kier molecular flexibility index (Phi) is 6.03. The lowest BCUT2D eigenvalue weighted by Crippen LogP contribution is -2.22. The first kappa shape index (κ1) is 16.5. The van der Waals surface area contributed by atoms with Crippen LogP contribution in [0.5, 0.6) is 0 Å². The first-order valence-electron chi connectivity index (χ1n) is 6.43. The number of alkyl halides is 3. The Bertz CT molecular complexity index is 474. The molecule has 0 fully saturated rings. The molecule has 0 aliphatic rings. The molecular weight excluding hydrogens is 270 g/mol. The number of terminal acetylenes is 1. The molecule has 1 N–H and O–H groups in total. The van der Waals surface area contributed by atoms with Crippen molar-refractivity contribution in [3.63, 3.8) is 0 Å². The standard InChI is InChI=1S/C15H17F4N/c1-3-5-6-7-14(20-4-2)12-10-11(15(17,18)19)8-9-13(12)16/h1,8-10,14,20H,4-7H2,2H3.